The zero-order valence-corrected chi connectivity index (χ0v) is 10.00. The van der Waals surface area contributed by atoms with Crippen molar-refractivity contribution in [1.82, 2.24) is 4.90 Å². The van der Waals surface area contributed by atoms with Gasteiger partial charge in [0, 0.05) is 18.6 Å². The Morgan fingerprint density at radius 1 is 1.50 bits per heavy atom. The third-order valence-corrected chi connectivity index (χ3v) is 3.60. The van der Waals surface area contributed by atoms with Gasteiger partial charge >= 0.3 is 0 Å². The van der Waals surface area contributed by atoms with Crippen molar-refractivity contribution in [2.75, 3.05) is 13.1 Å². The molecule has 0 aromatic heterocycles. The normalized spacial score (nSPS) is 31.7. The van der Waals surface area contributed by atoms with Crippen LogP contribution in [0.25, 0.3) is 0 Å². The van der Waals surface area contributed by atoms with Crippen molar-refractivity contribution in [1.29, 1.82) is 0 Å². The average Bonchev–Trinajstić information content (AvgIpc) is 2.18. The van der Waals surface area contributed by atoms with Crippen LogP contribution in [-0.2, 0) is 0 Å². The molecule has 0 spiro atoms. The van der Waals surface area contributed by atoms with E-state index in [0.29, 0.717) is 12.0 Å². The highest BCUT2D eigenvalue weighted by Gasteiger charge is 2.25. The highest BCUT2D eigenvalue weighted by atomic mass is 15.2. The lowest BCUT2D eigenvalue weighted by Gasteiger charge is -2.38. The van der Waals surface area contributed by atoms with E-state index in [1.165, 1.54) is 38.8 Å². The molecular weight excluding hydrogens is 172 g/mol. The number of hydrogen-bond acceptors (Lipinski definition) is 2. The first-order valence-corrected chi connectivity index (χ1v) is 6.14. The first kappa shape index (κ1) is 12.0. The van der Waals surface area contributed by atoms with Crippen LogP contribution in [-0.4, -0.2) is 30.1 Å². The lowest BCUT2D eigenvalue weighted by Crippen LogP contribution is -2.48. The highest BCUT2D eigenvalue weighted by molar-refractivity contribution is 4.82. The molecule has 0 bridgehead atoms. The number of hydrogen-bond donors (Lipinski definition) is 1. The molecule has 2 nitrogen and oxygen atoms in total. The van der Waals surface area contributed by atoms with Crippen molar-refractivity contribution >= 4 is 0 Å². The minimum Gasteiger partial charge on any atom is -0.327 e. The molecule has 1 heterocycles. The van der Waals surface area contributed by atoms with Crippen LogP contribution in [0.5, 0.6) is 0 Å². The van der Waals surface area contributed by atoms with Crippen LogP contribution in [0, 0.1) is 5.92 Å². The zero-order chi connectivity index (χ0) is 10.6. The molecule has 2 heteroatoms. The minimum atomic E-state index is 0.435. The quantitative estimate of drug-likeness (QED) is 0.750. The maximum absolute atomic E-state index is 6.01. The molecule has 1 saturated heterocycles. The van der Waals surface area contributed by atoms with Crippen molar-refractivity contribution in [3.05, 3.63) is 0 Å². The summed E-state index contributed by atoms with van der Waals surface area (Å²) < 4.78 is 0. The maximum atomic E-state index is 6.01. The van der Waals surface area contributed by atoms with E-state index in [0.717, 1.165) is 6.04 Å². The van der Waals surface area contributed by atoms with Gasteiger partial charge in [0.05, 0.1) is 0 Å². The topological polar surface area (TPSA) is 29.3 Å². The third-order valence-electron chi connectivity index (χ3n) is 3.60. The predicted molar refractivity (Wildman–Crippen MR) is 62.3 cm³/mol. The summed E-state index contributed by atoms with van der Waals surface area (Å²) in [5.74, 6) is 0.674. The van der Waals surface area contributed by atoms with Gasteiger partial charge < -0.3 is 10.6 Å². The number of nitrogens with two attached hydrogens (primary N) is 1. The van der Waals surface area contributed by atoms with Crippen LogP contribution in [0.4, 0.5) is 0 Å². The molecule has 0 radical (unpaired) electrons. The zero-order valence-electron chi connectivity index (χ0n) is 10.00. The minimum absolute atomic E-state index is 0.435. The lowest BCUT2D eigenvalue weighted by molar-refractivity contribution is 0.118. The summed E-state index contributed by atoms with van der Waals surface area (Å²) in [6, 6.07) is 1.19. The second-order valence-corrected chi connectivity index (χ2v) is 4.92. The molecule has 0 aromatic rings. The molecule has 3 atom stereocenters. The Labute approximate surface area is 88.8 Å². The van der Waals surface area contributed by atoms with Crippen molar-refractivity contribution < 1.29 is 0 Å². The average molecular weight is 198 g/mol. The Morgan fingerprint density at radius 3 is 2.79 bits per heavy atom. The van der Waals surface area contributed by atoms with Gasteiger partial charge in [-0.1, -0.05) is 26.7 Å². The molecule has 84 valence electrons. The molecule has 2 N–H and O–H groups in total. The Hall–Kier alpha value is -0.0800. The fourth-order valence-electron chi connectivity index (χ4n) is 2.28. The molecule has 0 saturated carbocycles. The van der Waals surface area contributed by atoms with Crippen LogP contribution in [0.3, 0.4) is 0 Å². The molecule has 1 fully saturated rings. The van der Waals surface area contributed by atoms with E-state index in [-0.39, 0.29) is 0 Å². The molecule has 1 aliphatic rings. The fraction of sp³-hybridized carbons (Fsp3) is 1.00. The summed E-state index contributed by atoms with van der Waals surface area (Å²) in [6.07, 6.45) is 5.20. The van der Waals surface area contributed by atoms with Crippen LogP contribution in [0.2, 0.25) is 0 Å². The van der Waals surface area contributed by atoms with Gasteiger partial charge in [-0.05, 0) is 32.2 Å². The summed E-state index contributed by atoms with van der Waals surface area (Å²) in [4.78, 5) is 2.61. The van der Waals surface area contributed by atoms with E-state index in [1.54, 1.807) is 0 Å². The SMILES string of the molecule is CCCCC(C)N1CCC(N)C(C)C1. The summed E-state index contributed by atoms with van der Waals surface area (Å²) in [6.45, 7) is 9.31. The standard InChI is InChI=1S/C12H26N2/c1-4-5-6-11(3)14-8-7-12(13)10(2)9-14/h10-12H,4-9,13H2,1-3H3. The van der Waals surface area contributed by atoms with E-state index in [2.05, 4.69) is 25.7 Å². The molecular formula is C12H26N2. The highest BCUT2D eigenvalue weighted by Crippen LogP contribution is 2.19. The molecule has 0 amide bonds. The van der Waals surface area contributed by atoms with E-state index in [4.69, 9.17) is 5.73 Å². The van der Waals surface area contributed by atoms with Crippen LogP contribution in [0.1, 0.15) is 46.5 Å². The fourth-order valence-corrected chi connectivity index (χ4v) is 2.28. The Bertz CT molecular complexity index is 158. The molecule has 0 aromatic carbocycles. The monoisotopic (exact) mass is 198 g/mol. The van der Waals surface area contributed by atoms with Crippen molar-refractivity contribution in [3.8, 4) is 0 Å². The number of rotatable bonds is 4. The van der Waals surface area contributed by atoms with Crippen molar-refractivity contribution in [2.45, 2.75) is 58.5 Å². The van der Waals surface area contributed by atoms with E-state index in [9.17, 15) is 0 Å². The van der Waals surface area contributed by atoms with Gasteiger partial charge in [0.25, 0.3) is 0 Å². The third kappa shape index (κ3) is 3.25. The van der Waals surface area contributed by atoms with E-state index < -0.39 is 0 Å². The summed E-state index contributed by atoms with van der Waals surface area (Å²) in [5, 5.41) is 0. The van der Waals surface area contributed by atoms with E-state index in [1.807, 2.05) is 0 Å². The number of nitrogens with zero attached hydrogens (tertiary/aromatic N) is 1. The van der Waals surface area contributed by atoms with E-state index >= 15 is 0 Å². The van der Waals surface area contributed by atoms with Crippen LogP contribution >= 0.6 is 0 Å². The molecule has 1 aliphatic heterocycles. The first-order chi connectivity index (χ1) is 6.65. The predicted octanol–water partition coefficient (Wildman–Crippen LogP) is 2.23. The smallest absolute Gasteiger partial charge is 0.00889 e. The largest absolute Gasteiger partial charge is 0.327 e. The second kappa shape index (κ2) is 5.72. The van der Waals surface area contributed by atoms with Crippen LogP contribution in [0.15, 0.2) is 0 Å². The van der Waals surface area contributed by atoms with Gasteiger partial charge in [-0.25, -0.2) is 0 Å². The Morgan fingerprint density at radius 2 is 2.21 bits per heavy atom. The van der Waals surface area contributed by atoms with Crippen molar-refractivity contribution in [3.63, 3.8) is 0 Å². The summed E-state index contributed by atoms with van der Waals surface area (Å²) in [5.41, 5.74) is 6.01. The number of unbranched alkanes of at least 4 members (excludes halogenated alkanes) is 1. The van der Waals surface area contributed by atoms with Gasteiger partial charge in [0.15, 0.2) is 0 Å². The molecule has 3 unspecified atom stereocenters. The number of piperidine rings is 1. The molecule has 14 heavy (non-hydrogen) atoms. The molecule has 1 rings (SSSR count). The van der Waals surface area contributed by atoms with Crippen molar-refractivity contribution in [2.24, 2.45) is 11.7 Å². The second-order valence-electron chi connectivity index (χ2n) is 4.92. The van der Waals surface area contributed by atoms with Gasteiger partial charge in [0.2, 0.25) is 0 Å². The van der Waals surface area contributed by atoms with Gasteiger partial charge in [-0.2, -0.15) is 0 Å². The first-order valence-electron chi connectivity index (χ1n) is 6.14. The van der Waals surface area contributed by atoms with Gasteiger partial charge in [-0.3, -0.25) is 0 Å². The Kier molecular flexibility index (Phi) is 4.90. The van der Waals surface area contributed by atoms with Gasteiger partial charge in [-0.15, -0.1) is 0 Å². The summed E-state index contributed by atoms with van der Waals surface area (Å²) in [7, 11) is 0. The Balaban J connectivity index is 2.30. The maximum Gasteiger partial charge on any atom is 0.00889 e. The number of likely N-dealkylation sites (tertiary alicyclic amines) is 1. The van der Waals surface area contributed by atoms with Crippen LogP contribution < -0.4 is 5.73 Å². The molecule has 0 aliphatic carbocycles. The lowest BCUT2D eigenvalue weighted by atomic mass is 9.93. The van der Waals surface area contributed by atoms with Gasteiger partial charge in [0.1, 0.15) is 0 Å². The summed E-state index contributed by atoms with van der Waals surface area (Å²) >= 11 is 0.